The molecule has 2 N–H and O–H groups in total. The van der Waals surface area contributed by atoms with Crippen LogP contribution >= 0.6 is 0 Å². The minimum Gasteiger partial charge on any atom is -0.347 e. The van der Waals surface area contributed by atoms with E-state index in [4.69, 9.17) is 0 Å². The first-order valence-electron chi connectivity index (χ1n) is 11.6. The van der Waals surface area contributed by atoms with Crippen molar-refractivity contribution in [1.82, 2.24) is 5.32 Å². The smallest absolute Gasteiger partial charge is 0.258 e. The summed E-state index contributed by atoms with van der Waals surface area (Å²) in [5.74, 6) is -1.11. The zero-order chi connectivity index (χ0) is 25.2. The van der Waals surface area contributed by atoms with E-state index in [1.54, 1.807) is 41.3 Å². The molecule has 0 bridgehead atoms. The summed E-state index contributed by atoms with van der Waals surface area (Å²) in [5, 5.41) is 5.81. The highest BCUT2D eigenvalue weighted by atomic mass is 19.1. The molecule has 6 nitrogen and oxygen atoms in total. The molecule has 0 radical (unpaired) electrons. The SMILES string of the molecule is CC(C)(C)NC(=O)c1ccc(C(=O)N2CCCc3c(NC(=O)c4ccc(F)cc4)cccc32)cc1. The van der Waals surface area contributed by atoms with E-state index >= 15 is 0 Å². The van der Waals surface area contributed by atoms with Crippen molar-refractivity contribution in [3.63, 3.8) is 0 Å². The molecule has 0 saturated heterocycles. The molecule has 35 heavy (non-hydrogen) atoms. The summed E-state index contributed by atoms with van der Waals surface area (Å²) < 4.78 is 13.2. The maximum atomic E-state index is 13.4. The average Bonchev–Trinajstić information content (AvgIpc) is 2.83. The predicted octanol–water partition coefficient (Wildman–Crippen LogP) is 5.20. The molecular weight excluding hydrogens is 445 g/mol. The van der Waals surface area contributed by atoms with Crippen molar-refractivity contribution in [1.29, 1.82) is 0 Å². The molecule has 1 aliphatic rings. The number of hydrogen-bond acceptors (Lipinski definition) is 3. The Balaban J connectivity index is 1.54. The number of carbonyl (C=O) groups excluding carboxylic acids is 3. The van der Waals surface area contributed by atoms with E-state index < -0.39 is 5.82 Å². The van der Waals surface area contributed by atoms with Gasteiger partial charge in [-0.25, -0.2) is 4.39 Å². The van der Waals surface area contributed by atoms with Crippen molar-refractivity contribution in [3.8, 4) is 0 Å². The Morgan fingerprint density at radius 2 is 1.43 bits per heavy atom. The number of halogens is 1. The van der Waals surface area contributed by atoms with Crippen LogP contribution in [-0.2, 0) is 6.42 Å². The van der Waals surface area contributed by atoms with Crippen LogP contribution in [0.4, 0.5) is 15.8 Å². The number of fused-ring (bicyclic) bond motifs is 1. The van der Waals surface area contributed by atoms with Crippen LogP contribution in [-0.4, -0.2) is 29.8 Å². The maximum absolute atomic E-state index is 13.4. The molecule has 180 valence electrons. The number of anilines is 2. The predicted molar refractivity (Wildman–Crippen MR) is 134 cm³/mol. The van der Waals surface area contributed by atoms with Gasteiger partial charge in [0.1, 0.15) is 5.82 Å². The lowest BCUT2D eigenvalue weighted by molar-refractivity contribution is 0.0917. The Morgan fingerprint density at radius 3 is 2.09 bits per heavy atom. The molecule has 0 saturated carbocycles. The molecule has 7 heteroatoms. The largest absolute Gasteiger partial charge is 0.347 e. The molecule has 0 aliphatic carbocycles. The van der Waals surface area contributed by atoms with Crippen LogP contribution in [0.25, 0.3) is 0 Å². The summed E-state index contributed by atoms with van der Waals surface area (Å²) in [4.78, 5) is 40.1. The van der Waals surface area contributed by atoms with E-state index in [2.05, 4.69) is 10.6 Å². The van der Waals surface area contributed by atoms with Gasteiger partial charge in [0.25, 0.3) is 17.7 Å². The average molecular weight is 474 g/mol. The summed E-state index contributed by atoms with van der Waals surface area (Å²) >= 11 is 0. The van der Waals surface area contributed by atoms with Crippen LogP contribution in [0, 0.1) is 5.82 Å². The Labute approximate surface area is 204 Å². The summed E-state index contributed by atoms with van der Waals surface area (Å²) in [6.07, 6.45) is 1.46. The van der Waals surface area contributed by atoms with Gasteiger partial charge in [0, 0.05) is 40.1 Å². The standard InChI is InChI=1S/C28H28FN3O3/c1-28(2,3)31-26(34)19-9-11-20(12-10-19)27(35)32-17-5-6-22-23(7-4-8-24(22)32)30-25(33)18-13-15-21(29)16-14-18/h4,7-16H,5-6,17H2,1-3H3,(H,30,33)(H,31,34). The molecule has 3 aromatic rings. The Morgan fingerprint density at radius 1 is 0.829 bits per heavy atom. The monoisotopic (exact) mass is 473 g/mol. The van der Waals surface area contributed by atoms with E-state index in [-0.39, 0.29) is 23.3 Å². The van der Waals surface area contributed by atoms with Crippen molar-refractivity contribution in [2.24, 2.45) is 0 Å². The van der Waals surface area contributed by atoms with E-state index in [1.807, 2.05) is 26.8 Å². The van der Waals surface area contributed by atoms with Crippen LogP contribution in [0.5, 0.6) is 0 Å². The molecule has 1 heterocycles. The molecule has 4 rings (SSSR count). The Bertz CT molecular complexity index is 1260. The summed E-state index contributed by atoms with van der Waals surface area (Å²) in [5.41, 5.74) is 3.21. The van der Waals surface area contributed by atoms with Gasteiger partial charge in [-0.1, -0.05) is 6.07 Å². The normalized spacial score (nSPS) is 13.1. The van der Waals surface area contributed by atoms with Crippen LogP contribution < -0.4 is 15.5 Å². The van der Waals surface area contributed by atoms with Crippen LogP contribution in [0.2, 0.25) is 0 Å². The Kier molecular flexibility index (Phi) is 6.69. The molecular formula is C28H28FN3O3. The number of hydrogen-bond donors (Lipinski definition) is 2. The number of nitrogens with zero attached hydrogens (tertiary/aromatic N) is 1. The van der Waals surface area contributed by atoms with E-state index in [1.165, 1.54) is 24.3 Å². The first-order valence-corrected chi connectivity index (χ1v) is 11.6. The second-order valence-corrected chi connectivity index (χ2v) is 9.61. The molecule has 1 aliphatic heterocycles. The molecule has 0 fully saturated rings. The fourth-order valence-electron chi connectivity index (χ4n) is 4.08. The molecule has 0 unspecified atom stereocenters. The van der Waals surface area contributed by atoms with E-state index in [9.17, 15) is 18.8 Å². The Hall–Kier alpha value is -4.00. The van der Waals surface area contributed by atoms with Gasteiger partial charge in [0.05, 0.1) is 0 Å². The summed E-state index contributed by atoms with van der Waals surface area (Å²) in [6, 6.07) is 17.4. The molecule has 0 atom stereocenters. The maximum Gasteiger partial charge on any atom is 0.258 e. The van der Waals surface area contributed by atoms with Crippen molar-refractivity contribution < 1.29 is 18.8 Å². The molecule has 0 spiro atoms. The number of amides is 3. The second kappa shape index (κ2) is 9.70. The van der Waals surface area contributed by atoms with Gasteiger partial charge in [0.15, 0.2) is 0 Å². The number of nitrogens with one attached hydrogen (secondary N) is 2. The van der Waals surface area contributed by atoms with Gasteiger partial charge in [-0.2, -0.15) is 0 Å². The third-order valence-electron chi connectivity index (χ3n) is 5.73. The highest BCUT2D eigenvalue weighted by Crippen LogP contribution is 2.34. The first-order chi connectivity index (χ1) is 16.6. The minimum absolute atomic E-state index is 0.171. The van der Waals surface area contributed by atoms with E-state index in [0.29, 0.717) is 35.3 Å². The third-order valence-corrected chi connectivity index (χ3v) is 5.73. The summed E-state index contributed by atoms with van der Waals surface area (Å²) in [6.45, 7) is 6.28. The lowest BCUT2D eigenvalue weighted by Gasteiger charge is -2.31. The molecule has 0 aromatic heterocycles. The highest BCUT2D eigenvalue weighted by Gasteiger charge is 2.26. The number of rotatable bonds is 4. The fourth-order valence-corrected chi connectivity index (χ4v) is 4.08. The van der Waals surface area contributed by atoms with Gasteiger partial charge >= 0.3 is 0 Å². The molecule has 3 amide bonds. The zero-order valence-corrected chi connectivity index (χ0v) is 20.0. The second-order valence-electron chi connectivity index (χ2n) is 9.61. The lowest BCUT2D eigenvalue weighted by Crippen LogP contribution is -2.40. The third kappa shape index (κ3) is 5.57. The first kappa shape index (κ1) is 24.1. The van der Waals surface area contributed by atoms with Gasteiger partial charge in [0.2, 0.25) is 0 Å². The van der Waals surface area contributed by atoms with Crippen LogP contribution in [0.15, 0.2) is 66.7 Å². The van der Waals surface area contributed by atoms with Crippen molar-refractivity contribution >= 4 is 29.1 Å². The van der Waals surface area contributed by atoms with Gasteiger partial charge in [-0.3, -0.25) is 14.4 Å². The quantitative estimate of drug-likeness (QED) is 0.547. The van der Waals surface area contributed by atoms with Crippen LogP contribution in [0.1, 0.15) is 63.8 Å². The van der Waals surface area contributed by atoms with Crippen molar-refractivity contribution in [2.75, 3.05) is 16.8 Å². The highest BCUT2D eigenvalue weighted by molar-refractivity contribution is 6.09. The number of benzene rings is 3. The topological polar surface area (TPSA) is 78.5 Å². The van der Waals surface area contributed by atoms with E-state index in [0.717, 1.165) is 17.7 Å². The zero-order valence-electron chi connectivity index (χ0n) is 20.0. The minimum atomic E-state index is -0.407. The van der Waals surface area contributed by atoms with Gasteiger partial charge in [-0.05, 0) is 99.8 Å². The van der Waals surface area contributed by atoms with Gasteiger partial charge in [-0.15, -0.1) is 0 Å². The summed E-state index contributed by atoms with van der Waals surface area (Å²) in [7, 11) is 0. The van der Waals surface area contributed by atoms with Gasteiger partial charge < -0.3 is 15.5 Å². The fraction of sp³-hybridized carbons (Fsp3) is 0.250. The van der Waals surface area contributed by atoms with Crippen LogP contribution in [0.3, 0.4) is 0 Å². The lowest BCUT2D eigenvalue weighted by atomic mass is 9.98. The number of carbonyl (C=O) groups is 3. The molecule has 3 aromatic carbocycles. The van der Waals surface area contributed by atoms with Crippen molar-refractivity contribution in [3.05, 3.63) is 94.8 Å². The van der Waals surface area contributed by atoms with Crippen molar-refractivity contribution in [2.45, 2.75) is 39.2 Å².